The van der Waals surface area contributed by atoms with Gasteiger partial charge in [0.15, 0.2) is 11.3 Å². The lowest BCUT2D eigenvalue weighted by Gasteiger charge is -2.25. The van der Waals surface area contributed by atoms with Crippen LogP contribution >= 0.6 is 0 Å². The van der Waals surface area contributed by atoms with Gasteiger partial charge in [0.2, 0.25) is 10.0 Å². The molecule has 6 nitrogen and oxygen atoms in total. The minimum absolute atomic E-state index is 0.131. The smallest absolute Gasteiger partial charge is 0.289 e. The van der Waals surface area contributed by atoms with Crippen LogP contribution in [0.3, 0.4) is 0 Å². The van der Waals surface area contributed by atoms with Gasteiger partial charge in [0.25, 0.3) is 5.91 Å². The molecule has 2 heterocycles. The zero-order valence-electron chi connectivity index (χ0n) is 16.7. The van der Waals surface area contributed by atoms with E-state index in [1.807, 2.05) is 19.9 Å². The lowest BCUT2D eigenvalue weighted by molar-refractivity contribution is 0.0693. The fourth-order valence-electron chi connectivity index (χ4n) is 3.68. The predicted molar refractivity (Wildman–Crippen MR) is 106 cm³/mol. The highest BCUT2D eigenvalue weighted by Crippen LogP contribution is 2.35. The van der Waals surface area contributed by atoms with Crippen molar-refractivity contribution in [3.63, 3.8) is 0 Å². The van der Waals surface area contributed by atoms with Crippen LogP contribution in [0.25, 0.3) is 11.0 Å². The summed E-state index contributed by atoms with van der Waals surface area (Å²) in [6, 6.07) is 1.67. The third-order valence-electron chi connectivity index (χ3n) is 5.19. The molecule has 27 heavy (non-hydrogen) atoms. The van der Waals surface area contributed by atoms with Crippen LogP contribution in [0.4, 0.5) is 0 Å². The molecule has 0 aliphatic carbocycles. The number of hydrogen-bond acceptors (Lipinski definition) is 4. The lowest BCUT2D eigenvalue weighted by atomic mass is 10.0. The maximum absolute atomic E-state index is 13.0. The van der Waals surface area contributed by atoms with E-state index in [2.05, 4.69) is 4.72 Å². The van der Waals surface area contributed by atoms with Crippen molar-refractivity contribution in [1.29, 1.82) is 0 Å². The van der Waals surface area contributed by atoms with Gasteiger partial charge in [0, 0.05) is 30.1 Å². The number of hydrogen-bond donors (Lipinski definition) is 1. The Labute approximate surface area is 161 Å². The molecule has 0 bridgehead atoms. The quantitative estimate of drug-likeness (QED) is 0.861. The first-order valence-electron chi connectivity index (χ1n) is 9.48. The normalized spacial score (nSPS) is 15.7. The highest BCUT2D eigenvalue weighted by molar-refractivity contribution is 7.89. The van der Waals surface area contributed by atoms with Crippen LogP contribution in [0.15, 0.2) is 15.4 Å². The monoisotopic (exact) mass is 392 g/mol. The van der Waals surface area contributed by atoms with Crippen molar-refractivity contribution in [1.82, 2.24) is 9.62 Å². The Morgan fingerprint density at radius 1 is 1.11 bits per heavy atom. The van der Waals surface area contributed by atoms with E-state index < -0.39 is 10.0 Å². The van der Waals surface area contributed by atoms with Gasteiger partial charge in [-0.2, -0.15) is 0 Å². The first-order chi connectivity index (χ1) is 12.6. The summed E-state index contributed by atoms with van der Waals surface area (Å²) in [5.74, 6) is 0.0942. The Kier molecular flexibility index (Phi) is 5.36. The van der Waals surface area contributed by atoms with Crippen molar-refractivity contribution < 1.29 is 17.6 Å². The number of benzene rings is 1. The number of nitrogens with zero attached hydrogens (tertiary/aromatic N) is 1. The molecule has 148 valence electrons. The van der Waals surface area contributed by atoms with Crippen molar-refractivity contribution in [2.24, 2.45) is 0 Å². The maximum atomic E-state index is 13.0. The summed E-state index contributed by atoms with van der Waals surface area (Å²) in [5.41, 5.74) is 2.46. The van der Waals surface area contributed by atoms with Crippen LogP contribution in [0.5, 0.6) is 0 Å². The summed E-state index contributed by atoms with van der Waals surface area (Å²) in [7, 11) is -3.76. The van der Waals surface area contributed by atoms with Gasteiger partial charge in [0.05, 0.1) is 0 Å². The number of carbonyl (C=O) groups is 1. The van der Waals surface area contributed by atoms with E-state index in [0.717, 1.165) is 24.8 Å². The molecule has 1 aliphatic rings. The Bertz CT molecular complexity index is 983. The van der Waals surface area contributed by atoms with Crippen molar-refractivity contribution in [3.8, 4) is 0 Å². The minimum Gasteiger partial charge on any atom is -0.449 e. The molecular formula is C20H28N2O4S. The van der Waals surface area contributed by atoms with Gasteiger partial charge in [0.1, 0.15) is 4.90 Å². The van der Waals surface area contributed by atoms with Crippen LogP contribution in [0.1, 0.15) is 60.4 Å². The average Bonchev–Trinajstić information content (AvgIpc) is 2.91. The van der Waals surface area contributed by atoms with E-state index in [-0.39, 0.29) is 28.2 Å². The molecule has 1 aromatic carbocycles. The maximum Gasteiger partial charge on any atom is 0.289 e. The van der Waals surface area contributed by atoms with Crippen molar-refractivity contribution in [2.45, 2.75) is 64.8 Å². The fraction of sp³-hybridized carbons (Fsp3) is 0.550. The number of nitrogens with one attached hydrogen (secondary N) is 1. The molecule has 1 N–H and O–H groups in total. The van der Waals surface area contributed by atoms with E-state index in [4.69, 9.17) is 4.42 Å². The molecule has 1 saturated heterocycles. The van der Waals surface area contributed by atoms with Gasteiger partial charge in [-0.1, -0.05) is 0 Å². The van der Waals surface area contributed by atoms with E-state index in [1.165, 1.54) is 0 Å². The van der Waals surface area contributed by atoms with Crippen LogP contribution in [0.2, 0.25) is 0 Å². The molecular weight excluding hydrogens is 364 g/mol. The Balaban J connectivity index is 2.20. The number of aryl methyl sites for hydroxylation is 2. The molecule has 3 rings (SSSR count). The van der Waals surface area contributed by atoms with Crippen LogP contribution < -0.4 is 4.72 Å². The summed E-state index contributed by atoms with van der Waals surface area (Å²) in [5, 5.41) is 0.683. The number of sulfonamides is 1. The number of amides is 1. The molecule has 1 fully saturated rings. The second kappa shape index (κ2) is 7.28. The molecule has 1 amide bonds. The number of furan rings is 1. The number of fused-ring (bicyclic) bond motifs is 1. The second-order valence-electron chi connectivity index (χ2n) is 7.71. The standard InChI is InChI=1S/C20H28N2O4S/c1-12(2)21-27(24,25)19-14(4)13(3)11-16-15(5)17(26-18(16)19)20(23)22-9-7-6-8-10-22/h11-12,21H,6-10H2,1-5H3. The molecule has 0 unspecified atom stereocenters. The van der Waals surface area contributed by atoms with Crippen molar-refractivity contribution >= 4 is 26.9 Å². The number of piperidine rings is 1. The molecule has 7 heteroatoms. The zero-order chi connectivity index (χ0) is 19.9. The van der Waals surface area contributed by atoms with Gasteiger partial charge in [-0.15, -0.1) is 0 Å². The first-order valence-corrected chi connectivity index (χ1v) is 11.0. The Morgan fingerprint density at radius 2 is 1.74 bits per heavy atom. The highest BCUT2D eigenvalue weighted by Gasteiger charge is 2.30. The largest absolute Gasteiger partial charge is 0.449 e. The molecule has 0 saturated carbocycles. The van der Waals surface area contributed by atoms with E-state index in [0.29, 0.717) is 29.6 Å². The average molecular weight is 393 g/mol. The summed E-state index contributed by atoms with van der Waals surface area (Å²) < 4.78 is 34.5. The van der Waals surface area contributed by atoms with E-state index >= 15 is 0 Å². The topological polar surface area (TPSA) is 79.6 Å². The summed E-state index contributed by atoms with van der Waals surface area (Å²) in [6.45, 7) is 10.5. The summed E-state index contributed by atoms with van der Waals surface area (Å²) in [4.78, 5) is 14.9. The summed E-state index contributed by atoms with van der Waals surface area (Å²) >= 11 is 0. The first kappa shape index (κ1) is 19.9. The van der Waals surface area contributed by atoms with Gasteiger partial charge >= 0.3 is 0 Å². The SMILES string of the molecule is Cc1cc2c(C)c(C(=O)N3CCCCC3)oc2c(S(=O)(=O)NC(C)C)c1C. The van der Waals surface area contributed by atoms with Crippen molar-refractivity contribution in [3.05, 3.63) is 28.5 Å². The fourth-order valence-corrected chi connectivity index (χ4v) is 5.38. The Hall–Kier alpha value is -1.86. The molecule has 0 spiro atoms. The predicted octanol–water partition coefficient (Wildman–Crippen LogP) is 3.67. The lowest BCUT2D eigenvalue weighted by Crippen LogP contribution is -2.35. The Morgan fingerprint density at radius 3 is 2.33 bits per heavy atom. The van der Waals surface area contributed by atoms with E-state index in [1.54, 1.807) is 25.7 Å². The number of rotatable bonds is 4. The van der Waals surface area contributed by atoms with Gasteiger partial charge in [-0.25, -0.2) is 13.1 Å². The van der Waals surface area contributed by atoms with Gasteiger partial charge in [-0.3, -0.25) is 4.79 Å². The number of carbonyl (C=O) groups excluding carboxylic acids is 1. The van der Waals surface area contributed by atoms with Crippen molar-refractivity contribution in [2.75, 3.05) is 13.1 Å². The molecule has 0 atom stereocenters. The zero-order valence-corrected chi connectivity index (χ0v) is 17.5. The number of likely N-dealkylation sites (tertiary alicyclic amines) is 1. The van der Waals surface area contributed by atoms with Crippen LogP contribution in [-0.4, -0.2) is 38.4 Å². The minimum atomic E-state index is -3.76. The van der Waals surface area contributed by atoms with Gasteiger partial charge < -0.3 is 9.32 Å². The molecule has 0 radical (unpaired) electrons. The van der Waals surface area contributed by atoms with E-state index in [9.17, 15) is 13.2 Å². The second-order valence-corrected chi connectivity index (χ2v) is 9.36. The van der Waals surface area contributed by atoms with Crippen LogP contribution in [-0.2, 0) is 10.0 Å². The molecule has 1 aromatic heterocycles. The third kappa shape index (κ3) is 3.62. The third-order valence-corrected chi connectivity index (χ3v) is 7.00. The van der Waals surface area contributed by atoms with Crippen LogP contribution in [0, 0.1) is 20.8 Å². The summed E-state index contributed by atoms with van der Waals surface area (Å²) in [6.07, 6.45) is 3.10. The molecule has 1 aliphatic heterocycles. The highest BCUT2D eigenvalue weighted by atomic mass is 32.2. The molecule has 2 aromatic rings. The van der Waals surface area contributed by atoms with Gasteiger partial charge in [-0.05, 0) is 71.1 Å².